The van der Waals surface area contributed by atoms with Crippen LogP contribution in [0.25, 0.3) is 0 Å². The minimum Gasteiger partial charge on any atom is -0.373 e. The summed E-state index contributed by atoms with van der Waals surface area (Å²) in [5.41, 5.74) is 0.296. The fourth-order valence-corrected chi connectivity index (χ4v) is 1.13. The summed E-state index contributed by atoms with van der Waals surface area (Å²) in [5.74, 6) is 0. The maximum atomic E-state index is 5.56. The van der Waals surface area contributed by atoms with Crippen molar-refractivity contribution in [2.75, 3.05) is 6.61 Å². The molecule has 1 rings (SSSR count). The van der Waals surface area contributed by atoms with E-state index in [9.17, 15) is 0 Å². The molecule has 1 heterocycles. The third-order valence-corrected chi connectivity index (χ3v) is 1.88. The first-order chi connectivity index (χ1) is 4.61. The summed E-state index contributed by atoms with van der Waals surface area (Å²) in [4.78, 5) is 0. The summed E-state index contributed by atoms with van der Waals surface area (Å²) in [6.07, 6.45) is 5.78. The maximum absolute atomic E-state index is 5.56. The van der Waals surface area contributed by atoms with Gasteiger partial charge in [0.05, 0.1) is 12.7 Å². The molecule has 0 radical (unpaired) electrons. The van der Waals surface area contributed by atoms with Crippen molar-refractivity contribution in [1.82, 2.24) is 0 Å². The minimum atomic E-state index is 0.296. The lowest BCUT2D eigenvalue weighted by atomic mass is 9.86. The summed E-state index contributed by atoms with van der Waals surface area (Å²) < 4.78 is 5.56. The Morgan fingerprint density at radius 1 is 1.30 bits per heavy atom. The molecule has 0 aromatic heterocycles. The van der Waals surface area contributed by atoms with Gasteiger partial charge in [-0.05, 0) is 11.8 Å². The fourth-order valence-electron chi connectivity index (χ4n) is 1.13. The van der Waals surface area contributed by atoms with Gasteiger partial charge in [0.25, 0.3) is 0 Å². The molecule has 0 bridgehead atoms. The van der Waals surface area contributed by atoms with Crippen molar-refractivity contribution in [3.63, 3.8) is 0 Å². The molecule has 0 aromatic rings. The number of rotatable bonds is 0. The topological polar surface area (TPSA) is 9.23 Å². The monoisotopic (exact) mass is 140 g/mol. The van der Waals surface area contributed by atoms with Gasteiger partial charge in [0.2, 0.25) is 0 Å². The fraction of sp³-hybridized carbons (Fsp3) is 0.778. The Labute approximate surface area is 63.1 Å². The first-order valence-corrected chi connectivity index (χ1v) is 3.87. The average Bonchev–Trinajstić information content (AvgIpc) is 1.88. The van der Waals surface area contributed by atoms with E-state index < -0.39 is 0 Å². The van der Waals surface area contributed by atoms with E-state index in [1.54, 1.807) is 0 Å². The van der Waals surface area contributed by atoms with Gasteiger partial charge in [-0.25, -0.2) is 0 Å². The van der Waals surface area contributed by atoms with Gasteiger partial charge in [0, 0.05) is 0 Å². The zero-order valence-corrected chi connectivity index (χ0v) is 7.05. The third kappa shape index (κ3) is 1.84. The van der Waals surface area contributed by atoms with Crippen molar-refractivity contribution in [1.29, 1.82) is 0 Å². The normalized spacial score (nSPS) is 26.9. The molecule has 1 aliphatic heterocycles. The number of ether oxygens (including phenoxy) is 1. The Kier molecular flexibility index (Phi) is 2.14. The van der Waals surface area contributed by atoms with Crippen LogP contribution in [0.3, 0.4) is 0 Å². The SMILES string of the molecule is CC(C)(C)C1CC=CCO1. The van der Waals surface area contributed by atoms with Crippen LogP contribution in [0.5, 0.6) is 0 Å². The van der Waals surface area contributed by atoms with Crippen molar-refractivity contribution in [3.8, 4) is 0 Å². The first kappa shape index (κ1) is 7.80. The average molecular weight is 140 g/mol. The highest BCUT2D eigenvalue weighted by Gasteiger charge is 2.24. The Morgan fingerprint density at radius 3 is 2.30 bits per heavy atom. The van der Waals surface area contributed by atoms with Crippen LogP contribution < -0.4 is 0 Å². The molecule has 1 atom stereocenters. The van der Waals surface area contributed by atoms with Gasteiger partial charge in [0.1, 0.15) is 0 Å². The van der Waals surface area contributed by atoms with E-state index in [1.165, 1.54) is 0 Å². The second kappa shape index (κ2) is 2.75. The third-order valence-electron chi connectivity index (χ3n) is 1.88. The van der Waals surface area contributed by atoms with Crippen LogP contribution in [-0.2, 0) is 4.74 Å². The van der Waals surface area contributed by atoms with Crippen LogP contribution in [0.4, 0.5) is 0 Å². The van der Waals surface area contributed by atoms with E-state index in [1.807, 2.05) is 0 Å². The molecule has 0 aliphatic carbocycles. The van der Waals surface area contributed by atoms with Crippen molar-refractivity contribution in [3.05, 3.63) is 12.2 Å². The van der Waals surface area contributed by atoms with Crippen LogP contribution in [0, 0.1) is 5.41 Å². The zero-order chi connectivity index (χ0) is 7.61. The van der Waals surface area contributed by atoms with Crippen LogP contribution in [0.1, 0.15) is 27.2 Å². The van der Waals surface area contributed by atoms with Crippen LogP contribution in [0.15, 0.2) is 12.2 Å². The summed E-state index contributed by atoms with van der Waals surface area (Å²) in [7, 11) is 0. The van der Waals surface area contributed by atoms with E-state index in [2.05, 4.69) is 32.9 Å². The standard InChI is InChI=1S/C9H16O/c1-9(2,3)8-6-4-5-7-10-8/h4-5,8H,6-7H2,1-3H3. The van der Waals surface area contributed by atoms with Gasteiger partial charge in [-0.3, -0.25) is 0 Å². The molecule has 1 heteroatoms. The predicted octanol–water partition coefficient (Wildman–Crippen LogP) is 2.38. The zero-order valence-electron chi connectivity index (χ0n) is 7.05. The molecule has 58 valence electrons. The highest BCUT2D eigenvalue weighted by atomic mass is 16.5. The second-order valence-corrected chi connectivity index (χ2v) is 3.90. The van der Waals surface area contributed by atoms with E-state index in [4.69, 9.17) is 4.74 Å². The van der Waals surface area contributed by atoms with Gasteiger partial charge in [0.15, 0.2) is 0 Å². The molecule has 1 nitrogen and oxygen atoms in total. The Morgan fingerprint density at radius 2 is 2.00 bits per heavy atom. The molecule has 0 N–H and O–H groups in total. The summed E-state index contributed by atoms with van der Waals surface area (Å²) in [5, 5.41) is 0. The van der Waals surface area contributed by atoms with E-state index in [-0.39, 0.29) is 0 Å². The van der Waals surface area contributed by atoms with Gasteiger partial charge in [-0.2, -0.15) is 0 Å². The molecule has 1 aliphatic rings. The van der Waals surface area contributed by atoms with Crippen molar-refractivity contribution in [2.24, 2.45) is 5.41 Å². The lowest BCUT2D eigenvalue weighted by molar-refractivity contribution is -0.00757. The maximum Gasteiger partial charge on any atom is 0.0662 e. The summed E-state index contributed by atoms with van der Waals surface area (Å²) in [6, 6.07) is 0. The molecule has 0 saturated carbocycles. The van der Waals surface area contributed by atoms with E-state index >= 15 is 0 Å². The van der Waals surface area contributed by atoms with Gasteiger partial charge in [-0.15, -0.1) is 0 Å². The highest BCUT2D eigenvalue weighted by molar-refractivity contribution is 4.92. The molecule has 0 aromatic carbocycles. The largest absolute Gasteiger partial charge is 0.373 e. The van der Waals surface area contributed by atoms with Gasteiger partial charge in [-0.1, -0.05) is 32.9 Å². The highest BCUT2D eigenvalue weighted by Crippen LogP contribution is 2.26. The minimum absolute atomic E-state index is 0.296. The predicted molar refractivity (Wildman–Crippen MR) is 43.0 cm³/mol. The lowest BCUT2D eigenvalue weighted by Crippen LogP contribution is -2.30. The summed E-state index contributed by atoms with van der Waals surface area (Å²) >= 11 is 0. The van der Waals surface area contributed by atoms with Crippen molar-refractivity contribution in [2.45, 2.75) is 33.3 Å². The number of hydrogen-bond acceptors (Lipinski definition) is 1. The van der Waals surface area contributed by atoms with Crippen molar-refractivity contribution >= 4 is 0 Å². The van der Waals surface area contributed by atoms with E-state index in [0.29, 0.717) is 11.5 Å². The Balaban J connectivity index is 2.49. The molecule has 0 amide bonds. The van der Waals surface area contributed by atoms with E-state index in [0.717, 1.165) is 13.0 Å². The first-order valence-electron chi connectivity index (χ1n) is 3.87. The number of hydrogen-bond donors (Lipinski definition) is 0. The Bertz CT molecular complexity index is 130. The summed E-state index contributed by atoms with van der Waals surface area (Å²) in [6.45, 7) is 7.45. The van der Waals surface area contributed by atoms with Crippen molar-refractivity contribution < 1.29 is 4.74 Å². The molecule has 0 fully saturated rings. The quantitative estimate of drug-likeness (QED) is 0.469. The molecular formula is C9H16O. The van der Waals surface area contributed by atoms with Crippen LogP contribution >= 0.6 is 0 Å². The lowest BCUT2D eigenvalue weighted by Gasteiger charge is -2.31. The van der Waals surface area contributed by atoms with Crippen LogP contribution in [-0.4, -0.2) is 12.7 Å². The van der Waals surface area contributed by atoms with Crippen LogP contribution in [0.2, 0.25) is 0 Å². The molecule has 0 spiro atoms. The molecule has 0 saturated heterocycles. The smallest absolute Gasteiger partial charge is 0.0662 e. The van der Waals surface area contributed by atoms with Gasteiger partial charge < -0.3 is 4.74 Å². The molecule has 10 heavy (non-hydrogen) atoms. The Hall–Kier alpha value is -0.300. The van der Waals surface area contributed by atoms with Gasteiger partial charge >= 0.3 is 0 Å². The second-order valence-electron chi connectivity index (χ2n) is 3.90. The molecule has 1 unspecified atom stereocenters. The molecular weight excluding hydrogens is 124 g/mol.